The fourth-order valence-electron chi connectivity index (χ4n) is 2.03. The summed E-state index contributed by atoms with van der Waals surface area (Å²) in [5.74, 6) is -0.252. The first-order valence-electron chi connectivity index (χ1n) is 6.95. The third-order valence-electron chi connectivity index (χ3n) is 3.14. The summed E-state index contributed by atoms with van der Waals surface area (Å²) in [6, 6.07) is 17.8. The van der Waals surface area contributed by atoms with Gasteiger partial charge in [-0.05, 0) is 23.8 Å². The number of carbonyl (C=O) groups is 1. The molecular formula is C17H14N4O2. The van der Waals surface area contributed by atoms with E-state index in [2.05, 4.69) is 20.7 Å². The van der Waals surface area contributed by atoms with E-state index in [4.69, 9.17) is 0 Å². The van der Waals surface area contributed by atoms with Gasteiger partial charge < -0.3 is 5.11 Å². The van der Waals surface area contributed by atoms with Gasteiger partial charge in [0.15, 0.2) is 0 Å². The van der Waals surface area contributed by atoms with Crippen LogP contribution in [0.5, 0.6) is 5.75 Å². The van der Waals surface area contributed by atoms with Crippen LogP contribution < -0.4 is 5.43 Å². The van der Waals surface area contributed by atoms with E-state index in [9.17, 15) is 9.90 Å². The minimum atomic E-state index is -0.393. The number of aromatic nitrogens is 2. The average molecular weight is 306 g/mol. The van der Waals surface area contributed by atoms with Crippen LogP contribution in [0.2, 0.25) is 0 Å². The predicted octanol–water partition coefficient (Wildman–Crippen LogP) is 2.55. The molecule has 0 aliphatic heterocycles. The number of nitrogens with one attached hydrogen (secondary N) is 2. The minimum Gasteiger partial charge on any atom is -0.508 e. The molecule has 23 heavy (non-hydrogen) atoms. The van der Waals surface area contributed by atoms with Gasteiger partial charge in [-0.2, -0.15) is 10.2 Å². The molecule has 0 atom stereocenters. The van der Waals surface area contributed by atoms with Crippen LogP contribution in [0.25, 0.3) is 11.3 Å². The molecule has 2 aromatic carbocycles. The van der Waals surface area contributed by atoms with Gasteiger partial charge in [0.25, 0.3) is 5.91 Å². The molecule has 0 saturated carbocycles. The lowest BCUT2D eigenvalue weighted by molar-refractivity contribution is 0.0950. The number of nitrogens with zero attached hydrogens (tertiary/aromatic N) is 2. The second-order valence-electron chi connectivity index (χ2n) is 4.83. The van der Waals surface area contributed by atoms with E-state index in [1.54, 1.807) is 30.3 Å². The Morgan fingerprint density at radius 2 is 1.96 bits per heavy atom. The van der Waals surface area contributed by atoms with Gasteiger partial charge in [0.1, 0.15) is 11.4 Å². The molecule has 6 heteroatoms. The van der Waals surface area contributed by atoms with E-state index < -0.39 is 5.91 Å². The number of aromatic hydroxyl groups is 1. The normalized spacial score (nSPS) is 10.8. The lowest BCUT2D eigenvalue weighted by Gasteiger charge is -1.96. The van der Waals surface area contributed by atoms with Gasteiger partial charge in [-0.1, -0.05) is 42.5 Å². The van der Waals surface area contributed by atoms with Gasteiger partial charge in [0.2, 0.25) is 0 Å². The number of benzene rings is 2. The van der Waals surface area contributed by atoms with E-state index in [1.807, 2.05) is 30.3 Å². The van der Waals surface area contributed by atoms with E-state index in [-0.39, 0.29) is 5.75 Å². The van der Waals surface area contributed by atoms with E-state index in [1.165, 1.54) is 6.21 Å². The first-order valence-corrected chi connectivity index (χ1v) is 6.95. The Bertz CT molecular complexity index is 841. The molecule has 114 valence electrons. The smallest absolute Gasteiger partial charge is 0.289 e. The number of carbonyl (C=O) groups excluding carboxylic acids is 1. The van der Waals surface area contributed by atoms with Crippen LogP contribution in [-0.4, -0.2) is 27.4 Å². The van der Waals surface area contributed by atoms with Gasteiger partial charge in [0.05, 0.1) is 11.9 Å². The molecular weight excluding hydrogens is 292 g/mol. The highest BCUT2D eigenvalue weighted by molar-refractivity contribution is 5.94. The number of amides is 1. The zero-order valence-corrected chi connectivity index (χ0v) is 12.1. The lowest BCUT2D eigenvalue weighted by atomic mass is 10.1. The van der Waals surface area contributed by atoms with Crippen LogP contribution in [0.15, 0.2) is 65.8 Å². The molecule has 1 amide bonds. The van der Waals surface area contributed by atoms with Crippen molar-refractivity contribution >= 4 is 12.1 Å². The standard InChI is InChI=1S/C17H14N4O2/c22-14-8-4-5-12(9-14)11-18-21-17(23)16-10-15(19-20-16)13-6-2-1-3-7-13/h1-11,22H,(H,19,20)(H,21,23). The summed E-state index contributed by atoms with van der Waals surface area (Å²) in [6.07, 6.45) is 1.45. The SMILES string of the molecule is O=C(NN=Cc1cccc(O)c1)c1cc(-c2ccccc2)n[nH]1. The van der Waals surface area contributed by atoms with Crippen LogP contribution in [0.4, 0.5) is 0 Å². The molecule has 3 rings (SSSR count). The summed E-state index contributed by atoms with van der Waals surface area (Å²) >= 11 is 0. The van der Waals surface area contributed by atoms with Crippen LogP contribution in [0, 0.1) is 0 Å². The van der Waals surface area contributed by atoms with E-state index in [0.717, 1.165) is 5.56 Å². The van der Waals surface area contributed by atoms with Crippen molar-refractivity contribution < 1.29 is 9.90 Å². The number of H-pyrrole nitrogens is 1. The Hall–Kier alpha value is -3.41. The van der Waals surface area contributed by atoms with Gasteiger partial charge in [-0.3, -0.25) is 9.89 Å². The molecule has 1 heterocycles. The van der Waals surface area contributed by atoms with Crippen molar-refractivity contribution in [3.05, 3.63) is 71.9 Å². The largest absolute Gasteiger partial charge is 0.508 e. The molecule has 3 N–H and O–H groups in total. The van der Waals surface area contributed by atoms with Gasteiger partial charge >= 0.3 is 0 Å². The number of phenolic OH excluding ortho intramolecular Hbond substituents is 1. The molecule has 0 aliphatic rings. The zero-order chi connectivity index (χ0) is 16.1. The Morgan fingerprint density at radius 1 is 1.13 bits per heavy atom. The lowest BCUT2D eigenvalue weighted by Crippen LogP contribution is -2.17. The van der Waals surface area contributed by atoms with E-state index in [0.29, 0.717) is 17.0 Å². The second kappa shape index (κ2) is 6.57. The van der Waals surface area contributed by atoms with E-state index >= 15 is 0 Å². The highest BCUT2D eigenvalue weighted by atomic mass is 16.3. The highest BCUT2D eigenvalue weighted by Gasteiger charge is 2.09. The Balaban J connectivity index is 1.66. The molecule has 0 fully saturated rings. The fourth-order valence-corrected chi connectivity index (χ4v) is 2.03. The molecule has 0 unspecified atom stereocenters. The summed E-state index contributed by atoms with van der Waals surface area (Å²) in [6.45, 7) is 0. The molecule has 0 spiro atoms. The third-order valence-corrected chi connectivity index (χ3v) is 3.14. The summed E-state index contributed by atoms with van der Waals surface area (Å²) in [4.78, 5) is 12.0. The fraction of sp³-hybridized carbons (Fsp3) is 0. The molecule has 0 aliphatic carbocycles. The van der Waals surface area contributed by atoms with Gasteiger partial charge in [-0.15, -0.1) is 0 Å². The number of hydrogen-bond donors (Lipinski definition) is 3. The Morgan fingerprint density at radius 3 is 2.74 bits per heavy atom. The summed E-state index contributed by atoms with van der Waals surface area (Å²) in [5, 5.41) is 20.0. The second-order valence-corrected chi connectivity index (χ2v) is 4.83. The van der Waals surface area contributed by atoms with Crippen molar-refractivity contribution in [3.63, 3.8) is 0 Å². The molecule has 3 aromatic rings. The molecule has 0 bridgehead atoms. The number of hydrazone groups is 1. The minimum absolute atomic E-state index is 0.140. The van der Waals surface area contributed by atoms with Crippen LogP contribution in [0.3, 0.4) is 0 Å². The maximum absolute atomic E-state index is 12.0. The van der Waals surface area contributed by atoms with Crippen LogP contribution >= 0.6 is 0 Å². The van der Waals surface area contributed by atoms with Crippen LogP contribution in [0.1, 0.15) is 16.1 Å². The molecule has 0 saturated heterocycles. The Labute approximate surface area is 132 Å². The van der Waals surface area contributed by atoms with Crippen molar-refractivity contribution in [1.82, 2.24) is 15.6 Å². The summed E-state index contributed by atoms with van der Waals surface area (Å²) in [5.41, 5.74) is 5.02. The van der Waals surface area contributed by atoms with Gasteiger partial charge in [-0.25, -0.2) is 5.43 Å². The number of hydrogen-bond acceptors (Lipinski definition) is 4. The predicted molar refractivity (Wildman–Crippen MR) is 87.2 cm³/mol. The van der Waals surface area contributed by atoms with Crippen molar-refractivity contribution in [2.75, 3.05) is 0 Å². The summed E-state index contributed by atoms with van der Waals surface area (Å²) < 4.78 is 0. The van der Waals surface area contributed by atoms with Crippen molar-refractivity contribution in [1.29, 1.82) is 0 Å². The average Bonchev–Trinajstić information content (AvgIpc) is 3.06. The zero-order valence-electron chi connectivity index (χ0n) is 12.1. The highest BCUT2D eigenvalue weighted by Crippen LogP contribution is 2.16. The molecule has 0 radical (unpaired) electrons. The van der Waals surface area contributed by atoms with Crippen molar-refractivity contribution in [2.24, 2.45) is 5.10 Å². The molecule has 6 nitrogen and oxygen atoms in total. The topological polar surface area (TPSA) is 90.4 Å². The van der Waals surface area contributed by atoms with Crippen LogP contribution in [-0.2, 0) is 0 Å². The maximum atomic E-state index is 12.0. The third kappa shape index (κ3) is 3.62. The first kappa shape index (κ1) is 14.5. The first-order chi connectivity index (χ1) is 11.2. The molecule has 1 aromatic heterocycles. The van der Waals surface area contributed by atoms with Crippen molar-refractivity contribution in [3.8, 4) is 17.0 Å². The number of aromatic amines is 1. The summed E-state index contributed by atoms with van der Waals surface area (Å²) in [7, 11) is 0. The maximum Gasteiger partial charge on any atom is 0.289 e. The van der Waals surface area contributed by atoms with Gasteiger partial charge in [0, 0.05) is 5.56 Å². The van der Waals surface area contributed by atoms with Crippen molar-refractivity contribution in [2.45, 2.75) is 0 Å². The Kier molecular flexibility index (Phi) is 4.15. The number of rotatable bonds is 4. The monoisotopic (exact) mass is 306 g/mol. The number of phenols is 1. The quantitative estimate of drug-likeness (QED) is 0.511.